The second kappa shape index (κ2) is 7.74. The van der Waals surface area contributed by atoms with Gasteiger partial charge in [-0.05, 0) is 37.6 Å². The second-order valence-corrected chi connectivity index (χ2v) is 8.94. The molecular weight excluding hydrogens is 394 g/mol. The van der Waals surface area contributed by atoms with Gasteiger partial charge < -0.3 is 14.5 Å². The lowest BCUT2D eigenvalue weighted by Crippen LogP contribution is -2.42. The van der Waals surface area contributed by atoms with E-state index in [4.69, 9.17) is 20.8 Å². The van der Waals surface area contributed by atoms with Gasteiger partial charge in [-0.25, -0.2) is 13.2 Å². The molecule has 0 spiro atoms. The Labute approximate surface area is 161 Å². The standard InChI is InChI=1S/C18H18ClNO6S/c1-11(17(21)20-12-8-9-27(23,24)10-12)25-18(22)16-7-6-15(26-16)13-4-2-3-5-14(13)19/h2-7,11-12H,8-10H2,1H3,(H,20,21)/t11-,12-/m0/s1. The Kier molecular flexibility index (Phi) is 5.57. The summed E-state index contributed by atoms with van der Waals surface area (Å²) in [7, 11) is -3.11. The molecule has 1 aromatic carbocycles. The Morgan fingerprint density at radius 1 is 1.26 bits per heavy atom. The van der Waals surface area contributed by atoms with Crippen LogP contribution < -0.4 is 5.32 Å². The van der Waals surface area contributed by atoms with Gasteiger partial charge in [0.05, 0.1) is 16.5 Å². The fourth-order valence-electron chi connectivity index (χ4n) is 2.75. The molecule has 1 saturated heterocycles. The minimum atomic E-state index is -3.11. The first-order chi connectivity index (χ1) is 12.7. The molecule has 2 atom stereocenters. The summed E-state index contributed by atoms with van der Waals surface area (Å²) in [6, 6.07) is 9.59. The zero-order valence-corrected chi connectivity index (χ0v) is 16.0. The van der Waals surface area contributed by atoms with Gasteiger partial charge in [-0.2, -0.15) is 0 Å². The molecule has 0 bridgehead atoms. The molecule has 0 aliphatic carbocycles. The van der Waals surface area contributed by atoms with Crippen molar-refractivity contribution in [3.63, 3.8) is 0 Å². The van der Waals surface area contributed by atoms with E-state index in [0.29, 0.717) is 22.8 Å². The Bertz CT molecular complexity index is 968. The molecule has 3 rings (SSSR count). The van der Waals surface area contributed by atoms with E-state index >= 15 is 0 Å². The molecule has 1 fully saturated rings. The summed E-state index contributed by atoms with van der Waals surface area (Å²) in [5, 5.41) is 3.06. The number of rotatable bonds is 5. The van der Waals surface area contributed by atoms with Crippen molar-refractivity contribution in [3.05, 3.63) is 47.2 Å². The molecule has 27 heavy (non-hydrogen) atoms. The summed E-state index contributed by atoms with van der Waals surface area (Å²) in [4.78, 5) is 24.3. The van der Waals surface area contributed by atoms with Gasteiger partial charge in [-0.3, -0.25) is 4.79 Å². The van der Waals surface area contributed by atoms with E-state index < -0.39 is 33.9 Å². The average Bonchev–Trinajstić information content (AvgIpc) is 3.22. The number of sulfone groups is 1. The molecule has 2 heterocycles. The Hall–Kier alpha value is -2.32. The van der Waals surface area contributed by atoms with E-state index in [1.54, 1.807) is 30.3 Å². The first-order valence-electron chi connectivity index (χ1n) is 8.32. The lowest BCUT2D eigenvalue weighted by atomic mass is 10.2. The number of nitrogens with one attached hydrogen (secondary N) is 1. The number of halogens is 1. The van der Waals surface area contributed by atoms with Crippen LogP contribution in [0.3, 0.4) is 0 Å². The summed E-state index contributed by atoms with van der Waals surface area (Å²) in [5.41, 5.74) is 0.631. The highest BCUT2D eigenvalue weighted by atomic mass is 35.5. The van der Waals surface area contributed by atoms with E-state index in [0.717, 1.165) is 0 Å². The predicted molar refractivity (Wildman–Crippen MR) is 99.2 cm³/mol. The number of carbonyl (C=O) groups is 2. The minimum absolute atomic E-state index is 0.0450. The fraction of sp³-hybridized carbons (Fsp3) is 0.333. The van der Waals surface area contributed by atoms with Crippen molar-refractivity contribution in [1.82, 2.24) is 5.32 Å². The van der Waals surface area contributed by atoms with E-state index in [2.05, 4.69) is 5.32 Å². The van der Waals surface area contributed by atoms with Crippen molar-refractivity contribution < 1.29 is 27.2 Å². The maximum absolute atomic E-state index is 12.2. The van der Waals surface area contributed by atoms with Crippen LogP contribution in [-0.2, 0) is 19.4 Å². The highest BCUT2D eigenvalue weighted by Crippen LogP contribution is 2.29. The van der Waals surface area contributed by atoms with Crippen LogP contribution in [0.1, 0.15) is 23.9 Å². The molecule has 0 unspecified atom stereocenters. The van der Waals surface area contributed by atoms with Gasteiger partial charge in [0, 0.05) is 11.6 Å². The SMILES string of the molecule is C[C@H](OC(=O)c1ccc(-c2ccccc2Cl)o1)C(=O)N[C@H]1CCS(=O)(=O)C1. The lowest BCUT2D eigenvalue weighted by molar-refractivity contribution is -0.129. The van der Waals surface area contributed by atoms with Gasteiger partial charge in [0.15, 0.2) is 15.9 Å². The summed E-state index contributed by atoms with van der Waals surface area (Å²) in [6.07, 6.45) is -0.733. The first-order valence-corrected chi connectivity index (χ1v) is 10.5. The van der Waals surface area contributed by atoms with Gasteiger partial charge >= 0.3 is 5.97 Å². The van der Waals surface area contributed by atoms with Crippen molar-refractivity contribution in [3.8, 4) is 11.3 Å². The Morgan fingerprint density at radius 3 is 2.67 bits per heavy atom. The Morgan fingerprint density at radius 2 is 2.00 bits per heavy atom. The summed E-state index contributed by atoms with van der Waals surface area (Å²) in [6.45, 7) is 1.41. The minimum Gasteiger partial charge on any atom is -0.449 e. The van der Waals surface area contributed by atoms with E-state index in [1.807, 2.05) is 0 Å². The fourth-order valence-corrected chi connectivity index (χ4v) is 4.66. The number of carbonyl (C=O) groups excluding carboxylic acids is 2. The molecule has 1 N–H and O–H groups in total. The van der Waals surface area contributed by atoms with Crippen LogP contribution in [0.4, 0.5) is 0 Å². The van der Waals surface area contributed by atoms with Gasteiger partial charge in [0.25, 0.3) is 5.91 Å². The highest BCUT2D eigenvalue weighted by Gasteiger charge is 2.31. The third kappa shape index (κ3) is 4.70. The zero-order valence-electron chi connectivity index (χ0n) is 14.5. The first kappa shape index (κ1) is 19.4. The number of benzene rings is 1. The van der Waals surface area contributed by atoms with Crippen LogP contribution in [0.25, 0.3) is 11.3 Å². The molecule has 1 aliphatic rings. The topological polar surface area (TPSA) is 103 Å². The normalized spacial score (nSPS) is 19.4. The molecule has 1 amide bonds. The molecule has 0 saturated carbocycles. The van der Waals surface area contributed by atoms with E-state index in [-0.39, 0.29) is 17.3 Å². The summed E-state index contributed by atoms with van der Waals surface area (Å²) >= 11 is 6.10. The van der Waals surface area contributed by atoms with Crippen LogP contribution in [0, 0.1) is 0 Å². The smallest absolute Gasteiger partial charge is 0.375 e. The average molecular weight is 412 g/mol. The van der Waals surface area contributed by atoms with Crippen LogP contribution >= 0.6 is 11.6 Å². The van der Waals surface area contributed by atoms with Gasteiger partial charge in [0.1, 0.15) is 5.76 Å². The number of hydrogen-bond acceptors (Lipinski definition) is 6. The molecular formula is C18H18ClNO6S. The van der Waals surface area contributed by atoms with E-state index in [9.17, 15) is 18.0 Å². The molecule has 9 heteroatoms. The maximum Gasteiger partial charge on any atom is 0.375 e. The molecule has 2 aromatic rings. The van der Waals surface area contributed by atoms with Crippen molar-refractivity contribution >= 4 is 33.3 Å². The third-order valence-electron chi connectivity index (χ3n) is 4.18. The third-order valence-corrected chi connectivity index (χ3v) is 6.28. The van der Waals surface area contributed by atoms with Crippen LogP contribution in [0.15, 0.2) is 40.8 Å². The molecule has 1 aliphatic heterocycles. The molecule has 144 valence electrons. The summed E-state index contributed by atoms with van der Waals surface area (Å²) in [5.74, 6) is -1.06. The predicted octanol–water partition coefficient (Wildman–Crippen LogP) is 2.45. The Balaban J connectivity index is 1.60. The highest BCUT2D eigenvalue weighted by molar-refractivity contribution is 7.91. The van der Waals surface area contributed by atoms with Crippen LogP contribution in [-0.4, -0.2) is 43.9 Å². The molecule has 7 nitrogen and oxygen atoms in total. The number of furan rings is 1. The van der Waals surface area contributed by atoms with Crippen molar-refractivity contribution in [2.45, 2.75) is 25.5 Å². The van der Waals surface area contributed by atoms with E-state index in [1.165, 1.54) is 13.0 Å². The van der Waals surface area contributed by atoms with Gasteiger partial charge in [-0.15, -0.1) is 0 Å². The largest absolute Gasteiger partial charge is 0.449 e. The van der Waals surface area contributed by atoms with Crippen LogP contribution in [0.5, 0.6) is 0 Å². The zero-order chi connectivity index (χ0) is 19.6. The molecule has 1 aromatic heterocycles. The maximum atomic E-state index is 12.2. The van der Waals surface area contributed by atoms with Crippen molar-refractivity contribution in [2.75, 3.05) is 11.5 Å². The molecule has 0 radical (unpaired) electrons. The summed E-state index contributed by atoms with van der Waals surface area (Å²) < 4.78 is 33.5. The van der Waals surface area contributed by atoms with Crippen molar-refractivity contribution in [2.24, 2.45) is 0 Å². The van der Waals surface area contributed by atoms with Gasteiger partial charge in [0.2, 0.25) is 5.76 Å². The number of ether oxygens (including phenoxy) is 1. The quantitative estimate of drug-likeness (QED) is 0.758. The van der Waals surface area contributed by atoms with Crippen LogP contribution in [0.2, 0.25) is 5.02 Å². The monoisotopic (exact) mass is 411 g/mol. The number of amides is 1. The number of hydrogen-bond donors (Lipinski definition) is 1. The number of esters is 1. The lowest BCUT2D eigenvalue weighted by Gasteiger charge is -2.16. The van der Waals surface area contributed by atoms with Crippen molar-refractivity contribution in [1.29, 1.82) is 0 Å². The van der Waals surface area contributed by atoms with Gasteiger partial charge in [-0.1, -0.05) is 23.7 Å². The second-order valence-electron chi connectivity index (χ2n) is 6.30.